The molecule has 0 nitrogen and oxygen atoms in total. The quantitative estimate of drug-likeness (QED) is 0.551. The molecule has 0 aliphatic rings. The van der Waals surface area contributed by atoms with Gasteiger partial charge >= 0.3 is 0 Å². The fourth-order valence-electron chi connectivity index (χ4n) is 3.10. The van der Waals surface area contributed by atoms with Crippen molar-refractivity contribution < 1.29 is 0 Å². The monoisotopic (exact) mass is 285 g/mol. The van der Waals surface area contributed by atoms with Crippen molar-refractivity contribution >= 4 is 0 Å². The highest BCUT2D eigenvalue weighted by Crippen LogP contribution is 2.39. The van der Waals surface area contributed by atoms with Crippen LogP contribution < -0.4 is 0 Å². The van der Waals surface area contributed by atoms with Gasteiger partial charge in [0, 0.05) is 5.92 Å². The molecule has 22 heavy (non-hydrogen) atoms. The summed E-state index contributed by atoms with van der Waals surface area (Å²) in [6.45, 7) is 2.27. The molecule has 3 aromatic rings. The standard InChI is InChI=1S/C22H21/c1-2-21(18-12-6-3-7-13-18)22(19-14-8-4-9-15-19)20-16-10-5-11-17-20/h3-17,21H,2H2,1H3. The molecule has 0 saturated carbocycles. The first-order chi connectivity index (χ1) is 10.9. The van der Waals surface area contributed by atoms with Gasteiger partial charge in [0.15, 0.2) is 0 Å². The maximum absolute atomic E-state index is 2.27. The van der Waals surface area contributed by atoms with E-state index < -0.39 is 0 Å². The summed E-state index contributed by atoms with van der Waals surface area (Å²) in [5.74, 6) is 1.82. The Morgan fingerprint density at radius 3 is 1.45 bits per heavy atom. The minimum Gasteiger partial charge on any atom is -0.0648 e. The first-order valence-electron chi connectivity index (χ1n) is 7.92. The molecule has 0 heterocycles. The van der Waals surface area contributed by atoms with E-state index in [1.54, 1.807) is 0 Å². The Hall–Kier alpha value is -2.34. The van der Waals surface area contributed by atoms with Crippen molar-refractivity contribution in [1.29, 1.82) is 0 Å². The van der Waals surface area contributed by atoms with Crippen molar-refractivity contribution in [1.82, 2.24) is 0 Å². The second-order valence-electron chi connectivity index (χ2n) is 5.52. The van der Waals surface area contributed by atoms with E-state index in [4.69, 9.17) is 0 Å². The van der Waals surface area contributed by atoms with E-state index in [2.05, 4.69) is 97.9 Å². The molecule has 3 aromatic carbocycles. The number of benzene rings is 3. The average Bonchev–Trinajstić information content (AvgIpc) is 2.62. The summed E-state index contributed by atoms with van der Waals surface area (Å²) in [5, 5.41) is 0. The summed E-state index contributed by atoms with van der Waals surface area (Å²) in [5.41, 5.74) is 4.00. The van der Waals surface area contributed by atoms with Gasteiger partial charge in [-0.05, 0) is 29.0 Å². The molecule has 0 fully saturated rings. The molecule has 0 N–H and O–H groups in total. The summed E-state index contributed by atoms with van der Waals surface area (Å²) in [6.07, 6.45) is 1.09. The fourth-order valence-corrected chi connectivity index (χ4v) is 3.10. The van der Waals surface area contributed by atoms with Crippen molar-refractivity contribution in [2.75, 3.05) is 0 Å². The van der Waals surface area contributed by atoms with E-state index in [1.807, 2.05) is 0 Å². The van der Waals surface area contributed by atoms with Crippen LogP contribution in [-0.2, 0) is 0 Å². The third kappa shape index (κ3) is 3.12. The molecular formula is C22H21. The lowest BCUT2D eigenvalue weighted by Gasteiger charge is -2.27. The van der Waals surface area contributed by atoms with Crippen LogP contribution in [0.3, 0.4) is 0 Å². The highest BCUT2D eigenvalue weighted by molar-refractivity contribution is 5.50. The van der Waals surface area contributed by atoms with Gasteiger partial charge in [-0.15, -0.1) is 0 Å². The Morgan fingerprint density at radius 1 is 0.636 bits per heavy atom. The second-order valence-corrected chi connectivity index (χ2v) is 5.52. The Bertz CT molecular complexity index is 632. The maximum atomic E-state index is 2.27. The van der Waals surface area contributed by atoms with E-state index in [-0.39, 0.29) is 0 Å². The van der Waals surface area contributed by atoms with Gasteiger partial charge < -0.3 is 0 Å². The molecule has 1 radical (unpaired) electrons. The lowest BCUT2D eigenvalue weighted by Crippen LogP contribution is -2.13. The van der Waals surface area contributed by atoms with Crippen molar-refractivity contribution in [3.05, 3.63) is 114 Å². The number of hydrogen-bond donors (Lipinski definition) is 0. The largest absolute Gasteiger partial charge is 0.0648 e. The predicted molar refractivity (Wildman–Crippen MR) is 93.8 cm³/mol. The van der Waals surface area contributed by atoms with Crippen molar-refractivity contribution in [2.45, 2.75) is 19.3 Å². The third-order valence-corrected chi connectivity index (χ3v) is 4.13. The van der Waals surface area contributed by atoms with Crippen LogP contribution in [0.2, 0.25) is 0 Å². The van der Waals surface area contributed by atoms with Gasteiger partial charge in [0.25, 0.3) is 0 Å². The molecule has 0 spiro atoms. The minimum absolute atomic E-state index is 0.408. The van der Waals surface area contributed by atoms with Gasteiger partial charge in [0.1, 0.15) is 0 Å². The van der Waals surface area contributed by atoms with Gasteiger partial charge in [-0.25, -0.2) is 0 Å². The Kier molecular flexibility index (Phi) is 4.70. The molecule has 0 aliphatic carbocycles. The Labute approximate surface area is 133 Å². The molecule has 0 aliphatic heterocycles. The number of rotatable bonds is 5. The van der Waals surface area contributed by atoms with Crippen LogP contribution in [0, 0.1) is 5.92 Å². The van der Waals surface area contributed by atoms with Crippen LogP contribution in [0.1, 0.15) is 36.0 Å². The smallest absolute Gasteiger partial charge is 0.0414 e. The topological polar surface area (TPSA) is 0 Å². The molecule has 1 unspecified atom stereocenters. The zero-order valence-corrected chi connectivity index (χ0v) is 12.9. The van der Waals surface area contributed by atoms with Crippen LogP contribution >= 0.6 is 0 Å². The average molecular weight is 285 g/mol. The zero-order valence-electron chi connectivity index (χ0n) is 12.9. The van der Waals surface area contributed by atoms with E-state index in [0.717, 1.165) is 6.42 Å². The van der Waals surface area contributed by atoms with Gasteiger partial charge in [-0.2, -0.15) is 0 Å². The summed E-state index contributed by atoms with van der Waals surface area (Å²) in [4.78, 5) is 0. The minimum atomic E-state index is 0.408. The molecule has 0 saturated heterocycles. The van der Waals surface area contributed by atoms with Crippen LogP contribution in [0.25, 0.3) is 0 Å². The van der Waals surface area contributed by atoms with Crippen LogP contribution in [0.15, 0.2) is 91.0 Å². The molecule has 3 rings (SSSR count). The predicted octanol–water partition coefficient (Wildman–Crippen LogP) is 5.85. The van der Waals surface area contributed by atoms with Crippen molar-refractivity contribution in [3.63, 3.8) is 0 Å². The molecule has 0 amide bonds. The Balaban J connectivity index is 2.09. The normalized spacial score (nSPS) is 12.3. The lowest BCUT2D eigenvalue weighted by atomic mass is 9.76. The number of hydrogen-bond acceptors (Lipinski definition) is 0. The van der Waals surface area contributed by atoms with E-state index in [9.17, 15) is 0 Å². The first kappa shape index (κ1) is 14.6. The van der Waals surface area contributed by atoms with E-state index >= 15 is 0 Å². The molecular weight excluding hydrogens is 264 g/mol. The van der Waals surface area contributed by atoms with Crippen LogP contribution in [-0.4, -0.2) is 0 Å². The molecule has 109 valence electrons. The maximum Gasteiger partial charge on any atom is 0.0414 e. The molecule has 1 atom stereocenters. The van der Waals surface area contributed by atoms with Gasteiger partial charge in [-0.1, -0.05) is 97.9 Å². The molecule has 0 aromatic heterocycles. The zero-order chi connectivity index (χ0) is 15.2. The van der Waals surface area contributed by atoms with Crippen molar-refractivity contribution in [3.8, 4) is 0 Å². The lowest BCUT2D eigenvalue weighted by molar-refractivity contribution is 0.712. The summed E-state index contributed by atoms with van der Waals surface area (Å²) < 4.78 is 0. The molecule has 0 heteroatoms. The second kappa shape index (κ2) is 7.09. The SMILES string of the molecule is CCC([C](c1ccccc1)c1ccccc1)c1ccccc1. The van der Waals surface area contributed by atoms with Crippen molar-refractivity contribution in [2.24, 2.45) is 0 Å². The summed E-state index contributed by atoms with van der Waals surface area (Å²) in [7, 11) is 0. The van der Waals surface area contributed by atoms with Crippen LogP contribution in [0.5, 0.6) is 0 Å². The Morgan fingerprint density at radius 2 is 1.05 bits per heavy atom. The van der Waals surface area contributed by atoms with Crippen LogP contribution in [0.4, 0.5) is 0 Å². The summed E-state index contributed by atoms with van der Waals surface area (Å²) >= 11 is 0. The first-order valence-corrected chi connectivity index (χ1v) is 7.92. The highest BCUT2D eigenvalue weighted by Gasteiger charge is 2.25. The van der Waals surface area contributed by atoms with Gasteiger partial charge in [-0.3, -0.25) is 0 Å². The molecule has 0 bridgehead atoms. The highest BCUT2D eigenvalue weighted by atomic mass is 14.3. The third-order valence-electron chi connectivity index (χ3n) is 4.13. The van der Waals surface area contributed by atoms with Gasteiger partial charge in [0.2, 0.25) is 0 Å². The fraction of sp³-hybridized carbons (Fsp3) is 0.136. The van der Waals surface area contributed by atoms with Gasteiger partial charge in [0.05, 0.1) is 0 Å². The van der Waals surface area contributed by atoms with E-state index in [1.165, 1.54) is 22.6 Å². The van der Waals surface area contributed by atoms with E-state index in [0.29, 0.717) is 5.92 Å². The summed E-state index contributed by atoms with van der Waals surface area (Å²) in [6, 6.07) is 32.3.